The van der Waals surface area contributed by atoms with Crippen LogP contribution in [0.3, 0.4) is 0 Å². The number of fused-ring (bicyclic) bond motifs is 1. The van der Waals surface area contributed by atoms with Gasteiger partial charge in [0, 0.05) is 11.3 Å². The summed E-state index contributed by atoms with van der Waals surface area (Å²) in [5, 5.41) is 6.89. The van der Waals surface area contributed by atoms with Crippen molar-refractivity contribution in [3.8, 4) is 5.95 Å². The molecule has 2 aromatic carbocycles. The van der Waals surface area contributed by atoms with Gasteiger partial charge in [0.25, 0.3) is 5.56 Å². The molecule has 0 N–H and O–H groups in total. The second-order valence-corrected chi connectivity index (χ2v) is 7.20. The fraction of sp³-hybridized carbons (Fsp3) is 0.261. The van der Waals surface area contributed by atoms with E-state index in [4.69, 9.17) is 4.98 Å². The van der Waals surface area contributed by atoms with Crippen LogP contribution in [0.5, 0.6) is 0 Å². The summed E-state index contributed by atoms with van der Waals surface area (Å²) in [5.74, 6) is 0.568. The SMILES string of the molecule is CCc1c(C)nc(-n2nc(C)cc2C)n(Cc2cccc3ccccc23)c1=O. The van der Waals surface area contributed by atoms with Gasteiger partial charge in [0.1, 0.15) is 0 Å². The van der Waals surface area contributed by atoms with E-state index >= 15 is 0 Å². The lowest BCUT2D eigenvalue weighted by molar-refractivity contribution is 0.637. The molecule has 2 heterocycles. The number of aromatic nitrogens is 4. The number of hydrogen-bond donors (Lipinski definition) is 0. The van der Waals surface area contributed by atoms with Gasteiger partial charge in [-0.3, -0.25) is 9.36 Å². The van der Waals surface area contributed by atoms with E-state index in [1.807, 2.05) is 52.0 Å². The summed E-state index contributed by atoms with van der Waals surface area (Å²) in [7, 11) is 0. The highest BCUT2D eigenvalue weighted by Gasteiger charge is 2.17. The Morgan fingerprint density at radius 3 is 2.46 bits per heavy atom. The highest BCUT2D eigenvalue weighted by molar-refractivity contribution is 5.85. The van der Waals surface area contributed by atoms with E-state index in [-0.39, 0.29) is 5.56 Å². The highest BCUT2D eigenvalue weighted by atomic mass is 16.1. The molecule has 142 valence electrons. The first-order valence-corrected chi connectivity index (χ1v) is 9.60. The van der Waals surface area contributed by atoms with E-state index in [0.29, 0.717) is 18.9 Å². The largest absolute Gasteiger partial charge is 0.272 e. The van der Waals surface area contributed by atoms with Crippen LogP contribution in [-0.4, -0.2) is 19.3 Å². The smallest absolute Gasteiger partial charge is 0.258 e. The Bertz CT molecular complexity index is 1230. The molecule has 5 heteroatoms. The van der Waals surface area contributed by atoms with E-state index in [2.05, 4.69) is 29.4 Å². The maximum atomic E-state index is 13.4. The maximum Gasteiger partial charge on any atom is 0.258 e. The Hall–Kier alpha value is -3.21. The van der Waals surface area contributed by atoms with Crippen molar-refractivity contribution in [2.24, 2.45) is 0 Å². The van der Waals surface area contributed by atoms with Gasteiger partial charge in [-0.1, -0.05) is 49.4 Å². The lowest BCUT2D eigenvalue weighted by Crippen LogP contribution is -2.31. The minimum absolute atomic E-state index is 0.00508. The van der Waals surface area contributed by atoms with E-state index in [0.717, 1.165) is 39.0 Å². The molecule has 28 heavy (non-hydrogen) atoms. The zero-order chi connectivity index (χ0) is 19.8. The molecule has 0 saturated heterocycles. The second kappa shape index (κ2) is 7.08. The average Bonchev–Trinajstić information content (AvgIpc) is 3.02. The fourth-order valence-corrected chi connectivity index (χ4v) is 3.83. The summed E-state index contributed by atoms with van der Waals surface area (Å²) in [5.41, 5.74) is 4.48. The van der Waals surface area contributed by atoms with Crippen LogP contribution in [-0.2, 0) is 13.0 Å². The Labute approximate surface area is 164 Å². The summed E-state index contributed by atoms with van der Waals surface area (Å²) >= 11 is 0. The van der Waals surface area contributed by atoms with Gasteiger partial charge >= 0.3 is 0 Å². The van der Waals surface area contributed by atoms with Crippen LogP contribution in [0, 0.1) is 20.8 Å². The zero-order valence-corrected chi connectivity index (χ0v) is 16.7. The van der Waals surface area contributed by atoms with Crippen molar-refractivity contribution in [2.75, 3.05) is 0 Å². The third-order valence-corrected chi connectivity index (χ3v) is 5.21. The first kappa shape index (κ1) is 18.2. The Kier molecular flexibility index (Phi) is 4.59. The molecule has 4 aromatic rings. The number of benzene rings is 2. The van der Waals surface area contributed by atoms with Crippen LogP contribution < -0.4 is 5.56 Å². The molecule has 0 aliphatic carbocycles. The Balaban J connectivity index is 1.97. The van der Waals surface area contributed by atoms with Crippen molar-refractivity contribution < 1.29 is 0 Å². The molecule has 0 unspecified atom stereocenters. The lowest BCUT2D eigenvalue weighted by atomic mass is 10.0. The van der Waals surface area contributed by atoms with Crippen molar-refractivity contribution >= 4 is 10.8 Å². The molecule has 0 spiro atoms. The van der Waals surface area contributed by atoms with Gasteiger partial charge in [-0.2, -0.15) is 5.10 Å². The van der Waals surface area contributed by atoms with Gasteiger partial charge in [-0.25, -0.2) is 9.67 Å². The normalized spacial score (nSPS) is 11.3. The van der Waals surface area contributed by atoms with Crippen molar-refractivity contribution in [3.63, 3.8) is 0 Å². The molecule has 0 bridgehead atoms. The molecule has 0 saturated carbocycles. The standard InChI is InChI=1S/C23H24N4O/c1-5-20-17(4)24-23(27-16(3)13-15(2)25-27)26(22(20)28)14-19-11-8-10-18-9-6-7-12-21(18)19/h6-13H,5,14H2,1-4H3. The summed E-state index contributed by atoms with van der Waals surface area (Å²) in [4.78, 5) is 18.1. The zero-order valence-electron chi connectivity index (χ0n) is 16.7. The molecule has 0 aliphatic heterocycles. The third kappa shape index (κ3) is 3.03. The van der Waals surface area contributed by atoms with Crippen molar-refractivity contribution in [1.29, 1.82) is 0 Å². The molecule has 0 radical (unpaired) electrons. The predicted molar refractivity (Wildman–Crippen MR) is 112 cm³/mol. The molecular weight excluding hydrogens is 348 g/mol. The first-order valence-electron chi connectivity index (χ1n) is 9.60. The Morgan fingerprint density at radius 2 is 1.75 bits per heavy atom. The lowest BCUT2D eigenvalue weighted by Gasteiger charge is -2.17. The van der Waals surface area contributed by atoms with E-state index < -0.39 is 0 Å². The highest BCUT2D eigenvalue weighted by Crippen LogP contribution is 2.20. The molecule has 0 fully saturated rings. The topological polar surface area (TPSA) is 52.7 Å². The first-order chi connectivity index (χ1) is 13.5. The number of hydrogen-bond acceptors (Lipinski definition) is 3. The minimum atomic E-state index is 0.00508. The molecule has 0 amide bonds. The number of aryl methyl sites for hydroxylation is 3. The van der Waals surface area contributed by atoms with Gasteiger partial charge in [0.05, 0.1) is 17.9 Å². The van der Waals surface area contributed by atoms with E-state index in [1.54, 1.807) is 9.25 Å². The van der Waals surface area contributed by atoms with Gasteiger partial charge in [-0.05, 0) is 49.6 Å². The van der Waals surface area contributed by atoms with Gasteiger partial charge in [0.15, 0.2) is 0 Å². The van der Waals surface area contributed by atoms with Crippen LogP contribution >= 0.6 is 0 Å². The molecule has 0 aliphatic rings. The van der Waals surface area contributed by atoms with Crippen LogP contribution in [0.15, 0.2) is 53.3 Å². The van der Waals surface area contributed by atoms with E-state index in [9.17, 15) is 4.79 Å². The predicted octanol–water partition coefficient (Wildman–Crippen LogP) is 4.12. The minimum Gasteiger partial charge on any atom is -0.272 e. The molecule has 5 nitrogen and oxygen atoms in total. The Morgan fingerprint density at radius 1 is 1.00 bits per heavy atom. The number of nitrogens with zero attached hydrogens (tertiary/aromatic N) is 4. The fourth-order valence-electron chi connectivity index (χ4n) is 3.83. The van der Waals surface area contributed by atoms with Crippen LogP contribution in [0.2, 0.25) is 0 Å². The third-order valence-electron chi connectivity index (χ3n) is 5.21. The monoisotopic (exact) mass is 372 g/mol. The summed E-state index contributed by atoms with van der Waals surface area (Å²) in [6.45, 7) is 8.28. The van der Waals surface area contributed by atoms with Crippen molar-refractivity contribution in [3.05, 3.63) is 87.1 Å². The van der Waals surface area contributed by atoms with Crippen LogP contribution in [0.25, 0.3) is 16.7 Å². The molecule has 0 atom stereocenters. The molecule has 2 aromatic heterocycles. The molecular formula is C23H24N4O. The maximum absolute atomic E-state index is 13.4. The van der Waals surface area contributed by atoms with Crippen molar-refractivity contribution in [1.82, 2.24) is 19.3 Å². The summed E-state index contributed by atoms with van der Waals surface area (Å²) in [6.07, 6.45) is 0.657. The average molecular weight is 372 g/mol. The molecule has 4 rings (SSSR count). The summed E-state index contributed by atoms with van der Waals surface area (Å²) in [6, 6.07) is 16.4. The van der Waals surface area contributed by atoms with Gasteiger partial charge in [0.2, 0.25) is 5.95 Å². The van der Waals surface area contributed by atoms with E-state index in [1.165, 1.54) is 0 Å². The van der Waals surface area contributed by atoms with Gasteiger partial charge < -0.3 is 0 Å². The van der Waals surface area contributed by atoms with Crippen molar-refractivity contribution in [2.45, 2.75) is 40.7 Å². The number of rotatable bonds is 4. The van der Waals surface area contributed by atoms with Crippen LogP contribution in [0.1, 0.15) is 35.1 Å². The quantitative estimate of drug-likeness (QED) is 0.541. The summed E-state index contributed by atoms with van der Waals surface area (Å²) < 4.78 is 3.53. The van der Waals surface area contributed by atoms with Gasteiger partial charge in [-0.15, -0.1) is 0 Å². The second-order valence-electron chi connectivity index (χ2n) is 7.20. The van der Waals surface area contributed by atoms with Crippen LogP contribution in [0.4, 0.5) is 0 Å².